The van der Waals surface area contributed by atoms with Gasteiger partial charge in [-0.05, 0) is 42.3 Å². The van der Waals surface area contributed by atoms with Gasteiger partial charge in [-0.15, -0.1) is 0 Å². The highest BCUT2D eigenvalue weighted by Crippen LogP contribution is 2.24. The van der Waals surface area contributed by atoms with Gasteiger partial charge in [0.15, 0.2) is 9.84 Å². The average Bonchev–Trinajstić information content (AvgIpc) is 3.00. The molecule has 3 rings (SSSR count). The quantitative estimate of drug-likeness (QED) is 0.782. The van der Waals surface area contributed by atoms with Gasteiger partial charge in [0.1, 0.15) is 5.75 Å². The molecule has 7 heteroatoms. The number of halogens is 1. The smallest absolute Gasteiger partial charge is 0.254 e. The number of hydrogen-bond donors (Lipinski definition) is 0. The van der Waals surface area contributed by atoms with E-state index in [2.05, 4.69) is 0 Å². The number of carbonyl (C=O) groups is 1. The maximum atomic E-state index is 13.1. The molecule has 0 radical (unpaired) electrons. The van der Waals surface area contributed by atoms with Gasteiger partial charge in [0.2, 0.25) is 0 Å². The summed E-state index contributed by atoms with van der Waals surface area (Å²) in [4.78, 5) is 14.8. The first kappa shape index (κ1) is 18.7. The lowest BCUT2D eigenvalue weighted by atomic mass is 10.1. The van der Waals surface area contributed by atoms with E-state index in [9.17, 15) is 13.2 Å². The second-order valence-corrected chi connectivity index (χ2v) is 9.01. The number of benzene rings is 2. The van der Waals surface area contributed by atoms with Crippen LogP contribution < -0.4 is 4.74 Å². The number of ether oxygens (including phenoxy) is 1. The molecule has 5 nitrogen and oxygen atoms in total. The summed E-state index contributed by atoms with van der Waals surface area (Å²) in [6.07, 6.45) is 0.450. The van der Waals surface area contributed by atoms with Crippen LogP contribution in [0, 0.1) is 0 Å². The summed E-state index contributed by atoms with van der Waals surface area (Å²) in [7, 11) is -1.57. The molecule has 0 aliphatic carbocycles. The van der Waals surface area contributed by atoms with Crippen molar-refractivity contribution in [2.75, 3.05) is 18.6 Å². The molecule has 1 heterocycles. The van der Waals surface area contributed by atoms with E-state index in [1.807, 2.05) is 12.1 Å². The van der Waals surface area contributed by atoms with Crippen molar-refractivity contribution in [1.29, 1.82) is 0 Å². The minimum Gasteiger partial charge on any atom is -0.497 e. The molecule has 1 saturated heterocycles. The maximum absolute atomic E-state index is 13.1. The minimum absolute atomic E-state index is 0.00367. The summed E-state index contributed by atoms with van der Waals surface area (Å²) in [6.45, 7) is 0.327. The minimum atomic E-state index is -3.11. The van der Waals surface area contributed by atoms with Gasteiger partial charge in [0.25, 0.3) is 5.91 Å². The fourth-order valence-electron chi connectivity index (χ4n) is 3.10. The van der Waals surface area contributed by atoms with Crippen LogP contribution in [0.4, 0.5) is 0 Å². The van der Waals surface area contributed by atoms with E-state index in [0.29, 0.717) is 29.3 Å². The summed E-state index contributed by atoms with van der Waals surface area (Å²) in [5.74, 6) is 0.485. The SMILES string of the molecule is COc1cccc(C(=O)N(Cc2ccc(Cl)cc2)C2CCS(=O)(=O)C2)c1. The van der Waals surface area contributed by atoms with Gasteiger partial charge in [-0.2, -0.15) is 0 Å². The molecular weight excluding hydrogens is 374 g/mol. The Morgan fingerprint density at radius 2 is 1.96 bits per heavy atom. The highest BCUT2D eigenvalue weighted by atomic mass is 35.5. The predicted molar refractivity (Wildman–Crippen MR) is 101 cm³/mol. The number of sulfone groups is 1. The van der Waals surface area contributed by atoms with Gasteiger partial charge >= 0.3 is 0 Å². The molecular formula is C19H20ClNO4S. The van der Waals surface area contributed by atoms with Crippen molar-refractivity contribution in [3.8, 4) is 5.75 Å². The largest absolute Gasteiger partial charge is 0.497 e. The molecule has 26 heavy (non-hydrogen) atoms. The molecule has 2 aromatic carbocycles. The Labute approximate surface area is 158 Å². The van der Waals surface area contributed by atoms with Crippen LogP contribution in [0.15, 0.2) is 48.5 Å². The van der Waals surface area contributed by atoms with Crippen LogP contribution in [-0.2, 0) is 16.4 Å². The summed E-state index contributed by atoms with van der Waals surface area (Å²) in [5, 5.41) is 0.614. The Morgan fingerprint density at radius 3 is 2.58 bits per heavy atom. The first-order chi connectivity index (χ1) is 12.4. The molecule has 1 amide bonds. The van der Waals surface area contributed by atoms with Gasteiger partial charge in [-0.3, -0.25) is 4.79 Å². The molecule has 1 aliphatic rings. The van der Waals surface area contributed by atoms with E-state index in [1.54, 1.807) is 48.4 Å². The van der Waals surface area contributed by atoms with E-state index in [4.69, 9.17) is 16.3 Å². The van der Waals surface area contributed by atoms with Gasteiger partial charge < -0.3 is 9.64 Å². The lowest BCUT2D eigenvalue weighted by molar-refractivity contribution is 0.0680. The van der Waals surface area contributed by atoms with E-state index < -0.39 is 9.84 Å². The van der Waals surface area contributed by atoms with E-state index in [0.717, 1.165) is 5.56 Å². The molecule has 1 aliphatic heterocycles. The van der Waals surface area contributed by atoms with E-state index in [1.165, 1.54) is 0 Å². The monoisotopic (exact) mass is 393 g/mol. The fourth-order valence-corrected chi connectivity index (χ4v) is 4.95. The predicted octanol–water partition coefficient (Wildman–Crippen LogP) is 3.18. The molecule has 1 unspecified atom stereocenters. The zero-order valence-electron chi connectivity index (χ0n) is 14.4. The maximum Gasteiger partial charge on any atom is 0.254 e. The number of amides is 1. The lowest BCUT2D eigenvalue weighted by Crippen LogP contribution is -2.40. The Morgan fingerprint density at radius 1 is 1.23 bits per heavy atom. The van der Waals surface area contributed by atoms with Crippen molar-refractivity contribution in [3.05, 3.63) is 64.7 Å². The average molecular weight is 394 g/mol. The molecule has 0 bridgehead atoms. The third-order valence-electron chi connectivity index (χ3n) is 4.49. The number of nitrogens with zero attached hydrogens (tertiary/aromatic N) is 1. The highest BCUT2D eigenvalue weighted by Gasteiger charge is 2.35. The Hall–Kier alpha value is -2.05. The Balaban J connectivity index is 1.91. The summed E-state index contributed by atoms with van der Waals surface area (Å²) >= 11 is 5.93. The first-order valence-electron chi connectivity index (χ1n) is 8.28. The van der Waals surface area contributed by atoms with Crippen molar-refractivity contribution in [1.82, 2.24) is 4.90 Å². The molecule has 0 spiro atoms. The van der Waals surface area contributed by atoms with Crippen LogP contribution in [-0.4, -0.2) is 43.9 Å². The van der Waals surface area contributed by atoms with Gasteiger partial charge in [0.05, 0.1) is 18.6 Å². The van der Waals surface area contributed by atoms with Crippen LogP contribution in [0.5, 0.6) is 5.75 Å². The van der Waals surface area contributed by atoms with Gasteiger partial charge in [-0.25, -0.2) is 8.42 Å². The normalized spacial score (nSPS) is 18.5. The number of methoxy groups -OCH3 is 1. The van der Waals surface area contributed by atoms with Crippen molar-refractivity contribution in [3.63, 3.8) is 0 Å². The van der Waals surface area contributed by atoms with Crippen molar-refractivity contribution in [2.24, 2.45) is 0 Å². The molecule has 0 saturated carbocycles. The van der Waals surface area contributed by atoms with Crippen molar-refractivity contribution >= 4 is 27.3 Å². The summed E-state index contributed by atoms with van der Waals surface area (Å²) in [5.41, 5.74) is 1.37. The molecule has 0 N–H and O–H groups in total. The molecule has 1 atom stereocenters. The van der Waals surface area contributed by atoms with Gasteiger partial charge in [-0.1, -0.05) is 29.8 Å². The number of hydrogen-bond acceptors (Lipinski definition) is 4. The second-order valence-electron chi connectivity index (χ2n) is 6.35. The lowest BCUT2D eigenvalue weighted by Gasteiger charge is -2.28. The van der Waals surface area contributed by atoms with E-state index >= 15 is 0 Å². The molecule has 2 aromatic rings. The zero-order chi connectivity index (χ0) is 18.7. The van der Waals surface area contributed by atoms with Crippen molar-refractivity contribution < 1.29 is 17.9 Å². The second kappa shape index (κ2) is 7.68. The third-order valence-corrected chi connectivity index (χ3v) is 6.50. The number of rotatable bonds is 5. The standard InChI is InChI=1S/C19H20ClNO4S/c1-25-18-4-2-3-15(11-18)19(22)21(17-9-10-26(23,24)13-17)12-14-5-7-16(20)8-6-14/h2-8,11,17H,9-10,12-13H2,1H3. The Bertz CT molecular complexity index is 896. The van der Waals surface area contributed by atoms with Crippen LogP contribution in [0.1, 0.15) is 22.3 Å². The first-order valence-corrected chi connectivity index (χ1v) is 10.5. The highest BCUT2D eigenvalue weighted by molar-refractivity contribution is 7.91. The van der Waals surface area contributed by atoms with Gasteiger partial charge in [0, 0.05) is 23.2 Å². The zero-order valence-corrected chi connectivity index (χ0v) is 16.0. The van der Waals surface area contributed by atoms with Crippen LogP contribution in [0.25, 0.3) is 0 Å². The van der Waals surface area contributed by atoms with Crippen LogP contribution >= 0.6 is 11.6 Å². The van der Waals surface area contributed by atoms with Crippen molar-refractivity contribution in [2.45, 2.75) is 19.0 Å². The van der Waals surface area contributed by atoms with Crippen LogP contribution in [0.3, 0.4) is 0 Å². The van der Waals surface area contributed by atoms with E-state index in [-0.39, 0.29) is 23.5 Å². The van der Waals surface area contributed by atoms with Crippen LogP contribution in [0.2, 0.25) is 5.02 Å². The Kier molecular flexibility index (Phi) is 5.53. The summed E-state index contributed by atoms with van der Waals surface area (Å²) in [6, 6.07) is 13.8. The molecule has 138 valence electrons. The molecule has 1 fully saturated rings. The third kappa shape index (κ3) is 4.37. The summed E-state index contributed by atoms with van der Waals surface area (Å²) < 4.78 is 29.0. The number of carbonyl (C=O) groups excluding carboxylic acids is 1. The molecule has 0 aromatic heterocycles. The topological polar surface area (TPSA) is 63.7 Å². The fraction of sp³-hybridized carbons (Fsp3) is 0.316.